The Bertz CT molecular complexity index is 702. The molecule has 2 aromatic heterocycles. The zero-order valence-electron chi connectivity index (χ0n) is 10.5. The van der Waals surface area contributed by atoms with Crippen LogP contribution in [0, 0.1) is 0 Å². The second kappa shape index (κ2) is 4.85. The summed E-state index contributed by atoms with van der Waals surface area (Å²) in [5.74, 6) is 0.0164. The quantitative estimate of drug-likeness (QED) is 0.796. The Morgan fingerprint density at radius 2 is 2.32 bits per heavy atom. The van der Waals surface area contributed by atoms with Crippen LogP contribution in [0.2, 0.25) is 0 Å². The molecule has 1 amide bonds. The number of aromatic amines is 1. The van der Waals surface area contributed by atoms with Crippen molar-refractivity contribution in [3.63, 3.8) is 0 Å². The van der Waals surface area contributed by atoms with Crippen LogP contribution in [0.4, 0.5) is 0 Å². The average Bonchev–Trinajstić information content (AvgIpc) is 3.07. The number of hydrogen-bond acceptors (Lipinski definition) is 3. The molecular weight excluding hydrogens is 258 g/mol. The second-order valence-corrected chi connectivity index (χ2v) is 5.24. The van der Waals surface area contributed by atoms with Crippen molar-refractivity contribution in [1.82, 2.24) is 15.1 Å². The fourth-order valence-corrected chi connectivity index (χ4v) is 2.68. The Balaban J connectivity index is 1.82. The molecule has 3 aromatic rings. The van der Waals surface area contributed by atoms with E-state index in [2.05, 4.69) is 15.6 Å². The normalized spacial score (nSPS) is 10.8. The van der Waals surface area contributed by atoms with E-state index in [1.807, 2.05) is 36.7 Å². The lowest BCUT2D eigenvalue weighted by Crippen LogP contribution is -2.25. The van der Waals surface area contributed by atoms with E-state index in [-0.39, 0.29) is 5.91 Å². The fourth-order valence-electron chi connectivity index (χ4n) is 2.02. The summed E-state index contributed by atoms with van der Waals surface area (Å²) in [5, 5.41) is 11.9. The Kier molecular flexibility index (Phi) is 3.05. The number of benzene rings is 1. The van der Waals surface area contributed by atoms with Gasteiger partial charge in [0.2, 0.25) is 0 Å². The molecule has 0 radical (unpaired) electrons. The summed E-state index contributed by atoms with van der Waals surface area (Å²) in [7, 11) is 1.82. The van der Waals surface area contributed by atoms with Crippen molar-refractivity contribution in [3.8, 4) is 0 Å². The molecule has 0 bridgehead atoms. The first-order valence-electron chi connectivity index (χ1n) is 5.94. The number of thiophene rings is 1. The molecule has 3 rings (SSSR count). The van der Waals surface area contributed by atoms with Crippen molar-refractivity contribution < 1.29 is 4.79 Å². The predicted molar refractivity (Wildman–Crippen MR) is 76.2 cm³/mol. The number of nitrogens with zero attached hydrogens (tertiary/aromatic N) is 2. The standard InChI is InChI=1S/C14H13N3OS/c1-17(8-10-4-5-19-9-10)14(18)11-2-3-12-7-15-16-13(12)6-11/h2-7,9H,8H2,1H3,(H,15,16). The zero-order chi connectivity index (χ0) is 13.2. The third kappa shape index (κ3) is 2.37. The monoisotopic (exact) mass is 271 g/mol. The largest absolute Gasteiger partial charge is 0.337 e. The van der Waals surface area contributed by atoms with Crippen LogP contribution in [0.25, 0.3) is 10.9 Å². The highest BCUT2D eigenvalue weighted by Gasteiger charge is 2.13. The van der Waals surface area contributed by atoms with Crippen molar-refractivity contribution in [1.29, 1.82) is 0 Å². The minimum Gasteiger partial charge on any atom is -0.337 e. The molecule has 4 nitrogen and oxygen atoms in total. The number of fused-ring (bicyclic) bond motifs is 1. The third-order valence-corrected chi connectivity index (χ3v) is 3.77. The summed E-state index contributed by atoms with van der Waals surface area (Å²) in [6.45, 7) is 0.628. The van der Waals surface area contributed by atoms with Gasteiger partial charge in [-0.3, -0.25) is 9.89 Å². The van der Waals surface area contributed by atoms with Crippen molar-refractivity contribution >= 4 is 28.1 Å². The van der Waals surface area contributed by atoms with Crippen LogP contribution in [0.3, 0.4) is 0 Å². The van der Waals surface area contributed by atoms with Crippen LogP contribution < -0.4 is 0 Å². The first-order chi connectivity index (χ1) is 9.24. The van der Waals surface area contributed by atoms with Crippen LogP contribution in [0.5, 0.6) is 0 Å². The zero-order valence-corrected chi connectivity index (χ0v) is 11.3. The molecule has 1 aromatic carbocycles. The van der Waals surface area contributed by atoms with Gasteiger partial charge in [0.05, 0.1) is 11.7 Å². The molecular formula is C14H13N3OS. The highest BCUT2D eigenvalue weighted by Crippen LogP contribution is 2.15. The lowest BCUT2D eigenvalue weighted by molar-refractivity contribution is 0.0785. The van der Waals surface area contributed by atoms with Crippen molar-refractivity contribution in [2.75, 3.05) is 7.05 Å². The molecule has 5 heteroatoms. The predicted octanol–water partition coefficient (Wildman–Crippen LogP) is 2.90. The van der Waals surface area contributed by atoms with Crippen molar-refractivity contribution in [2.45, 2.75) is 6.54 Å². The highest BCUT2D eigenvalue weighted by atomic mass is 32.1. The van der Waals surface area contributed by atoms with Crippen LogP contribution in [-0.2, 0) is 6.54 Å². The number of carbonyl (C=O) groups excluding carboxylic acids is 1. The number of carbonyl (C=O) groups is 1. The second-order valence-electron chi connectivity index (χ2n) is 4.46. The molecule has 0 fully saturated rings. The van der Waals surface area contributed by atoms with E-state index in [1.54, 1.807) is 22.4 Å². The van der Waals surface area contributed by atoms with E-state index in [4.69, 9.17) is 0 Å². The summed E-state index contributed by atoms with van der Waals surface area (Å²) >= 11 is 1.64. The van der Waals surface area contributed by atoms with E-state index < -0.39 is 0 Å². The molecule has 0 spiro atoms. The van der Waals surface area contributed by atoms with Gasteiger partial charge in [0.15, 0.2) is 0 Å². The lowest BCUT2D eigenvalue weighted by atomic mass is 10.1. The molecule has 0 atom stereocenters. The first-order valence-corrected chi connectivity index (χ1v) is 6.88. The number of rotatable bonds is 3. The molecule has 0 aliphatic carbocycles. The van der Waals surface area contributed by atoms with E-state index in [0.717, 1.165) is 16.5 Å². The van der Waals surface area contributed by atoms with Gasteiger partial charge in [-0.25, -0.2) is 0 Å². The number of hydrogen-bond donors (Lipinski definition) is 1. The maximum atomic E-state index is 12.3. The molecule has 0 saturated heterocycles. The van der Waals surface area contributed by atoms with Gasteiger partial charge in [-0.05, 0) is 34.5 Å². The maximum absolute atomic E-state index is 12.3. The van der Waals surface area contributed by atoms with Gasteiger partial charge in [-0.2, -0.15) is 16.4 Å². The van der Waals surface area contributed by atoms with Crippen LogP contribution in [-0.4, -0.2) is 28.1 Å². The van der Waals surface area contributed by atoms with Crippen LogP contribution in [0.1, 0.15) is 15.9 Å². The number of amides is 1. The van der Waals surface area contributed by atoms with E-state index >= 15 is 0 Å². The smallest absolute Gasteiger partial charge is 0.253 e. The minimum atomic E-state index is 0.0164. The minimum absolute atomic E-state index is 0.0164. The summed E-state index contributed by atoms with van der Waals surface area (Å²) in [5.41, 5.74) is 2.72. The Morgan fingerprint density at radius 3 is 3.11 bits per heavy atom. The molecule has 96 valence electrons. The molecule has 0 aliphatic rings. The summed E-state index contributed by atoms with van der Waals surface area (Å²) in [6.07, 6.45) is 1.75. The van der Waals surface area contributed by atoms with Gasteiger partial charge < -0.3 is 4.90 Å². The molecule has 19 heavy (non-hydrogen) atoms. The Labute approximate surface area is 114 Å². The highest BCUT2D eigenvalue weighted by molar-refractivity contribution is 7.07. The van der Waals surface area contributed by atoms with E-state index in [9.17, 15) is 4.79 Å². The fraction of sp³-hybridized carbons (Fsp3) is 0.143. The third-order valence-electron chi connectivity index (χ3n) is 3.04. The molecule has 2 heterocycles. The summed E-state index contributed by atoms with van der Waals surface area (Å²) in [6, 6.07) is 7.62. The van der Waals surface area contributed by atoms with Crippen LogP contribution >= 0.6 is 11.3 Å². The Hall–Kier alpha value is -2.14. The molecule has 0 unspecified atom stereocenters. The Morgan fingerprint density at radius 1 is 1.42 bits per heavy atom. The average molecular weight is 271 g/mol. The van der Waals surface area contributed by atoms with Gasteiger partial charge in [0.25, 0.3) is 5.91 Å². The van der Waals surface area contributed by atoms with E-state index in [0.29, 0.717) is 12.1 Å². The number of H-pyrrole nitrogens is 1. The maximum Gasteiger partial charge on any atom is 0.253 e. The molecule has 0 aliphatic heterocycles. The lowest BCUT2D eigenvalue weighted by Gasteiger charge is -2.16. The van der Waals surface area contributed by atoms with E-state index in [1.165, 1.54) is 0 Å². The number of aromatic nitrogens is 2. The van der Waals surface area contributed by atoms with Gasteiger partial charge in [-0.1, -0.05) is 6.07 Å². The van der Waals surface area contributed by atoms with Crippen molar-refractivity contribution in [2.24, 2.45) is 0 Å². The SMILES string of the molecule is CN(Cc1ccsc1)C(=O)c1ccc2cn[nH]c2c1. The number of nitrogens with one attached hydrogen (secondary N) is 1. The molecule has 1 N–H and O–H groups in total. The van der Waals surface area contributed by atoms with Gasteiger partial charge in [-0.15, -0.1) is 0 Å². The first kappa shape index (κ1) is 11.9. The topological polar surface area (TPSA) is 49.0 Å². The molecule has 0 saturated carbocycles. The van der Waals surface area contributed by atoms with Gasteiger partial charge >= 0.3 is 0 Å². The summed E-state index contributed by atoms with van der Waals surface area (Å²) in [4.78, 5) is 14.1. The van der Waals surface area contributed by atoms with Crippen LogP contribution in [0.15, 0.2) is 41.2 Å². The van der Waals surface area contributed by atoms with Gasteiger partial charge in [0.1, 0.15) is 0 Å². The summed E-state index contributed by atoms with van der Waals surface area (Å²) < 4.78 is 0. The van der Waals surface area contributed by atoms with Crippen molar-refractivity contribution in [3.05, 3.63) is 52.3 Å². The van der Waals surface area contributed by atoms with Gasteiger partial charge in [0, 0.05) is 24.5 Å².